The van der Waals surface area contributed by atoms with Crippen LogP contribution < -0.4 is 5.63 Å². The van der Waals surface area contributed by atoms with Crippen molar-refractivity contribution in [2.75, 3.05) is 19.7 Å². The van der Waals surface area contributed by atoms with Crippen LogP contribution in [0.2, 0.25) is 0 Å². The summed E-state index contributed by atoms with van der Waals surface area (Å²) in [5.74, 6) is 0.668. The van der Waals surface area contributed by atoms with Gasteiger partial charge in [-0.25, -0.2) is 4.79 Å². The fourth-order valence-electron chi connectivity index (χ4n) is 5.52. The molecule has 5 nitrogen and oxygen atoms in total. The molecule has 4 atom stereocenters. The van der Waals surface area contributed by atoms with Gasteiger partial charge in [-0.15, -0.1) is 0 Å². The molecule has 2 aromatic rings. The maximum atomic E-state index is 12.0. The lowest BCUT2D eigenvalue weighted by Crippen LogP contribution is -2.37. The highest BCUT2D eigenvalue weighted by molar-refractivity contribution is 5.80. The molecule has 5 rings (SSSR count). The van der Waals surface area contributed by atoms with E-state index in [0.29, 0.717) is 11.5 Å². The first-order valence-corrected chi connectivity index (χ1v) is 9.68. The van der Waals surface area contributed by atoms with Crippen LogP contribution in [0.5, 0.6) is 0 Å². The number of aliphatic hydroxyl groups excluding tert-OH is 1. The van der Waals surface area contributed by atoms with Crippen molar-refractivity contribution in [1.29, 1.82) is 0 Å². The molecule has 138 valence electrons. The van der Waals surface area contributed by atoms with E-state index in [-0.39, 0.29) is 29.9 Å². The fraction of sp³-hybridized carbons (Fsp3) is 0.571. The monoisotopic (exact) mass is 355 g/mol. The zero-order chi connectivity index (χ0) is 17.9. The summed E-state index contributed by atoms with van der Waals surface area (Å²) in [4.78, 5) is 14.4. The SMILES string of the molecule is CCc1ccc2oc(=O)cc(CN3C[C@H]4[C@@H](CO)[C@@H]5CC[C@@]4(C3)O5)c2c1. The second-order valence-corrected chi connectivity index (χ2v) is 8.16. The maximum Gasteiger partial charge on any atom is 0.336 e. The van der Waals surface area contributed by atoms with Gasteiger partial charge < -0.3 is 14.3 Å². The molecule has 2 bridgehead atoms. The Hall–Kier alpha value is -1.69. The third-order valence-electron chi connectivity index (χ3n) is 6.76. The van der Waals surface area contributed by atoms with Gasteiger partial charge >= 0.3 is 5.63 Å². The second-order valence-electron chi connectivity index (χ2n) is 8.16. The van der Waals surface area contributed by atoms with E-state index in [1.807, 2.05) is 12.1 Å². The number of ether oxygens (including phenoxy) is 1. The molecule has 26 heavy (non-hydrogen) atoms. The molecule has 0 aliphatic carbocycles. The molecule has 3 saturated heterocycles. The van der Waals surface area contributed by atoms with Crippen molar-refractivity contribution in [3.63, 3.8) is 0 Å². The number of fused-ring (bicyclic) bond motifs is 2. The van der Waals surface area contributed by atoms with E-state index in [4.69, 9.17) is 9.15 Å². The zero-order valence-electron chi connectivity index (χ0n) is 15.1. The van der Waals surface area contributed by atoms with E-state index < -0.39 is 0 Å². The van der Waals surface area contributed by atoms with Crippen molar-refractivity contribution < 1.29 is 14.3 Å². The molecular weight excluding hydrogens is 330 g/mol. The molecule has 0 unspecified atom stereocenters. The Kier molecular flexibility index (Phi) is 3.75. The number of aryl methyl sites for hydroxylation is 1. The van der Waals surface area contributed by atoms with Crippen LogP contribution in [0.4, 0.5) is 0 Å². The van der Waals surface area contributed by atoms with E-state index in [2.05, 4.69) is 17.9 Å². The van der Waals surface area contributed by atoms with Crippen LogP contribution in [0.3, 0.4) is 0 Å². The number of hydrogen-bond donors (Lipinski definition) is 1. The summed E-state index contributed by atoms with van der Waals surface area (Å²) in [5.41, 5.74) is 2.55. The van der Waals surface area contributed by atoms with E-state index in [0.717, 1.165) is 49.8 Å². The van der Waals surface area contributed by atoms with Gasteiger partial charge in [-0.3, -0.25) is 4.90 Å². The quantitative estimate of drug-likeness (QED) is 0.853. The Balaban J connectivity index is 1.46. The molecule has 3 aliphatic heterocycles. The topological polar surface area (TPSA) is 62.9 Å². The summed E-state index contributed by atoms with van der Waals surface area (Å²) in [6.07, 6.45) is 3.35. The highest BCUT2D eigenvalue weighted by Gasteiger charge is 2.62. The average molecular weight is 355 g/mol. The van der Waals surface area contributed by atoms with Gasteiger partial charge in [-0.1, -0.05) is 13.0 Å². The molecule has 3 aliphatic rings. The van der Waals surface area contributed by atoms with E-state index in [9.17, 15) is 9.90 Å². The third kappa shape index (κ3) is 2.38. The molecule has 0 radical (unpaired) electrons. The summed E-state index contributed by atoms with van der Waals surface area (Å²) in [6.45, 7) is 4.88. The minimum absolute atomic E-state index is 0.0815. The van der Waals surface area contributed by atoms with E-state index in [1.165, 1.54) is 5.56 Å². The second kappa shape index (κ2) is 5.91. The lowest BCUT2D eigenvalue weighted by molar-refractivity contribution is 0.000405. The molecule has 1 spiro atoms. The molecule has 0 amide bonds. The van der Waals surface area contributed by atoms with Crippen LogP contribution in [0.15, 0.2) is 33.5 Å². The Bertz CT molecular complexity index is 907. The van der Waals surface area contributed by atoms with E-state index in [1.54, 1.807) is 6.07 Å². The summed E-state index contributed by atoms with van der Waals surface area (Å²) in [7, 11) is 0. The van der Waals surface area contributed by atoms with Crippen molar-refractivity contribution in [3.05, 3.63) is 45.8 Å². The maximum absolute atomic E-state index is 12.0. The van der Waals surface area contributed by atoms with Gasteiger partial charge in [0.2, 0.25) is 0 Å². The van der Waals surface area contributed by atoms with Gasteiger partial charge in [0.15, 0.2) is 0 Å². The normalized spacial score (nSPS) is 33.2. The highest BCUT2D eigenvalue weighted by atomic mass is 16.5. The van der Waals surface area contributed by atoms with Crippen LogP contribution in [-0.2, 0) is 17.7 Å². The van der Waals surface area contributed by atoms with Crippen LogP contribution >= 0.6 is 0 Å². The summed E-state index contributed by atoms with van der Waals surface area (Å²) >= 11 is 0. The molecule has 1 aromatic carbocycles. The van der Waals surface area contributed by atoms with Crippen molar-refractivity contribution >= 4 is 11.0 Å². The Morgan fingerprint density at radius 2 is 2.23 bits per heavy atom. The first-order chi connectivity index (χ1) is 12.6. The summed E-state index contributed by atoms with van der Waals surface area (Å²) in [5, 5.41) is 10.8. The average Bonchev–Trinajstić information content (AvgIpc) is 3.28. The molecule has 1 N–H and O–H groups in total. The Morgan fingerprint density at radius 1 is 1.35 bits per heavy atom. The van der Waals surface area contributed by atoms with Crippen LogP contribution in [0.25, 0.3) is 11.0 Å². The summed E-state index contributed by atoms with van der Waals surface area (Å²) < 4.78 is 11.7. The van der Waals surface area contributed by atoms with Gasteiger partial charge in [0.05, 0.1) is 11.7 Å². The van der Waals surface area contributed by atoms with Crippen LogP contribution in [0, 0.1) is 11.8 Å². The lowest BCUT2D eigenvalue weighted by Gasteiger charge is -2.28. The molecular formula is C21H25NO4. The number of hydrogen-bond acceptors (Lipinski definition) is 5. The predicted octanol–water partition coefficient (Wildman–Crippen LogP) is 2.33. The first-order valence-electron chi connectivity index (χ1n) is 9.68. The first kappa shape index (κ1) is 16.5. The van der Waals surface area contributed by atoms with Crippen molar-refractivity contribution in [2.24, 2.45) is 11.8 Å². The largest absolute Gasteiger partial charge is 0.423 e. The fourth-order valence-corrected chi connectivity index (χ4v) is 5.52. The molecule has 0 saturated carbocycles. The number of aliphatic hydroxyl groups is 1. The minimum atomic E-state index is -0.292. The lowest BCUT2D eigenvalue weighted by atomic mass is 9.74. The zero-order valence-corrected chi connectivity index (χ0v) is 15.1. The van der Waals surface area contributed by atoms with Gasteiger partial charge in [0.1, 0.15) is 5.58 Å². The van der Waals surface area contributed by atoms with Crippen molar-refractivity contribution in [3.8, 4) is 0 Å². The smallest absolute Gasteiger partial charge is 0.336 e. The van der Waals surface area contributed by atoms with Gasteiger partial charge in [0.25, 0.3) is 0 Å². The molecule has 3 fully saturated rings. The predicted molar refractivity (Wildman–Crippen MR) is 98.0 cm³/mol. The Labute approximate surface area is 152 Å². The highest BCUT2D eigenvalue weighted by Crippen LogP contribution is 2.54. The standard InChI is InChI=1S/C21H25NO4/c1-2-13-3-4-18-15(7-13)14(8-20(24)25-18)9-22-10-17-16(11-23)19-5-6-21(17,12-22)26-19/h3-4,7-8,16-17,19,23H,2,5-6,9-12H2,1H3/t16-,17+,19+,21+/m1/s1. The number of nitrogens with zero attached hydrogens (tertiary/aromatic N) is 1. The number of likely N-dealkylation sites (tertiary alicyclic amines) is 1. The number of benzene rings is 1. The Morgan fingerprint density at radius 3 is 3.04 bits per heavy atom. The van der Waals surface area contributed by atoms with Crippen molar-refractivity contribution in [2.45, 2.75) is 44.4 Å². The molecule has 4 heterocycles. The minimum Gasteiger partial charge on any atom is -0.423 e. The van der Waals surface area contributed by atoms with Crippen LogP contribution in [-0.4, -0.2) is 41.4 Å². The van der Waals surface area contributed by atoms with Gasteiger partial charge in [0, 0.05) is 49.5 Å². The summed E-state index contributed by atoms with van der Waals surface area (Å²) in [6, 6.07) is 7.70. The number of rotatable bonds is 4. The van der Waals surface area contributed by atoms with Gasteiger partial charge in [-0.2, -0.15) is 0 Å². The molecule has 1 aromatic heterocycles. The van der Waals surface area contributed by atoms with Gasteiger partial charge in [-0.05, 0) is 42.5 Å². The van der Waals surface area contributed by atoms with E-state index >= 15 is 0 Å². The van der Waals surface area contributed by atoms with Crippen LogP contribution in [0.1, 0.15) is 30.9 Å². The molecule has 5 heteroatoms. The van der Waals surface area contributed by atoms with Crippen molar-refractivity contribution in [1.82, 2.24) is 4.90 Å². The third-order valence-corrected chi connectivity index (χ3v) is 6.76.